The second kappa shape index (κ2) is 6.53. The predicted molar refractivity (Wildman–Crippen MR) is 101 cm³/mol. The molecule has 3 aromatic rings. The van der Waals surface area contributed by atoms with Crippen molar-refractivity contribution < 1.29 is 21.9 Å². The second-order valence-electron chi connectivity index (χ2n) is 6.13. The number of amides is 1. The third-order valence-corrected chi connectivity index (χ3v) is 4.79. The van der Waals surface area contributed by atoms with E-state index in [1.807, 2.05) is 24.3 Å². The first-order chi connectivity index (χ1) is 12.9. The molecular weight excluding hydrogens is 366 g/mol. The third kappa shape index (κ3) is 3.42. The van der Waals surface area contributed by atoms with Crippen molar-refractivity contribution in [3.63, 3.8) is 0 Å². The largest absolute Gasteiger partial charge is 0.446 e. The van der Waals surface area contributed by atoms with Gasteiger partial charge in [0.15, 0.2) is 5.75 Å². The average Bonchev–Trinajstić information content (AvgIpc) is 3.02. The molecule has 0 radical (unpaired) electrons. The molecule has 136 valence electrons. The van der Waals surface area contributed by atoms with Gasteiger partial charge in [-0.15, -0.1) is 0 Å². The third-order valence-electron chi connectivity index (χ3n) is 4.41. The van der Waals surface area contributed by atoms with E-state index in [9.17, 15) is 17.8 Å². The summed E-state index contributed by atoms with van der Waals surface area (Å²) >= 11 is 0. The van der Waals surface area contributed by atoms with Gasteiger partial charge in [0.25, 0.3) is 5.91 Å². The molecule has 1 aliphatic rings. The molecule has 0 fully saturated rings. The van der Waals surface area contributed by atoms with E-state index in [-0.39, 0.29) is 11.4 Å². The molecule has 0 saturated heterocycles. The van der Waals surface area contributed by atoms with Crippen LogP contribution in [0.3, 0.4) is 0 Å². The summed E-state index contributed by atoms with van der Waals surface area (Å²) in [5.74, 6) is -0.485. The highest BCUT2D eigenvalue weighted by Crippen LogP contribution is 2.45. The van der Waals surface area contributed by atoms with Crippen LogP contribution in [0.5, 0.6) is 5.75 Å². The Morgan fingerprint density at radius 3 is 2.37 bits per heavy atom. The predicted octanol–water partition coefficient (Wildman–Crippen LogP) is 3.69. The summed E-state index contributed by atoms with van der Waals surface area (Å²) in [5.41, 5.74) is 3.97. The van der Waals surface area contributed by atoms with E-state index >= 15 is 0 Å². The van der Waals surface area contributed by atoms with Crippen LogP contribution in [0.2, 0.25) is 0 Å². The number of hydrogen-bond acceptors (Lipinski definition) is 4. The van der Waals surface area contributed by atoms with Gasteiger partial charge in [-0.1, -0.05) is 48.5 Å². The second-order valence-corrected chi connectivity index (χ2v) is 7.16. The Balaban J connectivity index is 1.79. The van der Waals surface area contributed by atoms with Crippen LogP contribution >= 0.6 is 0 Å². The van der Waals surface area contributed by atoms with Gasteiger partial charge in [-0.3, -0.25) is 9.35 Å². The zero-order valence-electron chi connectivity index (χ0n) is 14.0. The van der Waals surface area contributed by atoms with Gasteiger partial charge in [0.05, 0.1) is 5.69 Å². The van der Waals surface area contributed by atoms with Gasteiger partial charge in [0.1, 0.15) is 0 Å². The summed E-state index contributed by atoms with van der Waals surface area (Å²) in [6.45, 7) is 0. The highest BCUT2D eigenvalue weighted by molar-refractivity contribution is 7.81. The molecule has 0 aromatic heterocycles. The monoisotopic (exact) mass is 381 g/mol. The van der Waals surface area contributed by atoms with Crippen LogP contribution < -0.4 is 9.50 Å². The molecule has 0 atom stereocenters. The Morgan fingerprint density at radius 2 is 1.63 bits per heavy atom. The van der Waals surface area contributed by atoms with Gasteiger partial charge < -0.3 is 9.50 Å². The number of carbonyl (C=O) groups excluding carboxylic acids is 1. The smallest absolute Gasteiger partial charge is 0.359 e. The Morgan fingerprint density at radius 1 is 0.926 bits per heavy atom. The van der Waals surface area contributed by atoms with Crippen molar-refractivity contribution in [1.29, 1.82) is 0 Å². The molecule has 4 rings (SSSR count). The first kappa shape index (κ1) is 17.3. The number of nitrogens with one attached hydrogen (secondary N) is 1. The number of benzene rings is 3. The van der Waals surface area contributed by atoms with Gasteiger partial charge >= 0.3 is 10.4 Å². The lowest BCUT2D eigenvalue weighted by atomic mass is 10.0. The molecule has 2 N–H and O–H groups in total. The molecule has 0 heterocycles. The van der Waals surface area contributed by atoms with Crippen molar-refractivity contribution in [2.24, 2.45) is 0 Å². The molecule has 0 bridgehead atoms. The van der Waals surface area contributed by atoms with Gasteiger partial charge in [-0.05, 0) is 34.9 Å². The molecule has 0 unspecified atom stereocenters. The Bertz CT molecular complexity index is 1140. The summed E-state index contributed by atoms with van der Waals surface area (Å²) < 4.78 is 36.9. The van der Waals surface area contributed by atoms with E-state index in [0.717, 1.165) is 16.7 Å². The maximum Gasteiger partial charge on any atom is 0.446 e. The van der Waals surface area contributed by atoms with Crippen molar-refractivity contribution in [2.45, 2.75) is 6.42 Å². The van der Waals surface area contributed by atoms with Crippen molar-refractivity contribution >= 4 is 22.0 Å². The lowest BCUT2D eigenvalue weighted by Crippen LogP contribution is -2.15. The Hall–Kier alpha value is -3.16. The maximum atomic E-state index is 12.5. The zero-order chi connectivity index (χ0) is 19.0. The minimum Gasteiger partial charge on any atom is -0.359 e. The van der Waals surface area contributed by atoms with Crippen LogP contribution in [0.4, 0.5) is 5.69 Å². The number of hydrogen-bond donors (Lipinski definition) is 2. The molecule has 27 heavy (non-hydrogen) atoms. The van der Waals surface area contributed by atoms with Gasteiger partial charge in [-0.25, -0.2) is 0 Å². The molecule has 0 spiro atoms. The van der Waals surface area contributed by atoms with E-state index in [4.69, 9.17) is 4.18 Å². The van der Waals surface area contributed by atoms with Crippen LogP contribution in [-0.2, 0) is 16.8 Å². The fraction of sp³-hybridized carbons (Fsp3) is 0.0500. The molecule has 7 heteroatoms. The van der Waals surface area contributed by atoms with E-state index in [1.165, 1.54) is 0 Å². The maximum absolute atomic E-state index is 12.5. The number of fused-ring (bicyclic) bond motifs is 3. The minimum absolute atomic E-state index is 0.0736. The van der Waals surface area contributed by atoms with Gasteiger partial charge in [0.2, 0.25) is 0 Å². The average molecular weight is 381 g/mol. The lowest BCUT2D eigenvalue weighted by Gasteiger charge is -2.14. The van der Waals surface area contributed by atoms with Gasteiger partial charge in [0, 0.05) is 17.5 Å². The van der Waals surface area contributed by atoms with Crippen LogP contribution in [0.15, 0.2) is 66.7 Å². The fourth-order valence-electron chi connectivity index (χ4n) is 3.27. The van der Waals surface area contributed by atoms with Crippen molar-refractivity contribution in [3.05, 3.63) is 83.4 Å². The van der Waals surface area contributed by atoms with Crippen LogP contribution in [-0.4, -0.2) is 18.9 Å². The number of carbonyl (C=O) groups is 1. The van der Waals surface area contributed by atoms with Gasteiger partial charge in [-0.2, -0.15) is 8.42 Å². The molecule has 1 amide bonds. The first-order valence-corrected chi connectivity index (χ1v) is 9.56. The summed E-state index contributed by atoms with van der Waals surface area (Å²) in [7, 11) is -4.76. The number of anilines is 1. The summed E-state index contributed by atoms with van der Waals surface area (Å²) in [4.78, 5) is 12.5. The minimum atomic E-state index is -4.76. The van der Waals surface area contributed by atoms with Crippen LogP contribution in [0.25, 0.3) is 11.1 Å². The highest BCUT2D eigenvalue weighted by Gasteiger charge is 2.27. The number of rotatable bonds is 4. The van der Waals surface area contributed by atoms with Crippen molar-refractivity contribution in [3.8, 4) is 16.9 Å². The van der Waals surface area contributed by atoms with E-state index < -0.39 is 16.3 Å². The fourth-order valence-corrected chi connectivity index (χ4v) is 3.67. The van der Waals surface area contributed by atoms with Crippen LogP contribution in [0.1, 0.15) is 21.5 Å². The standard InChI is InChI=1S/C20H15NO5S/c22-20(13-6-2-1-3-7-13)21-18-11-10-16-15-9-5-4-8-14(15)12-17(16)19(18)26-27(23,24)25/h1-11H,12H2,(H,21,22)(H,23,24,25). The molecule has 6 nitrogen and oxygen atoms in total. The van der Waals surface area contributed by atoms with E-state index in [2.05, 4.69) is 5.32 Å². The molecular formula is C20H15NO5S. The Labute approximate surface area is 156 Å². The summed E-state index contributed by atoms with van der Waals surface area (Å²) in [6, 6.07) is 19.6. The van der Waals surface area contributed by atoms with E-state index in [0.29, 0.717) is 17.5 Å². The lowest BCUT2D eigenvalue weighted by molar-refractivity contribution is 0.102. The van der Waals surface area contributed by atoms with Crippen molar-refractivity contribution in [1.82, 2.24) is 0 Å². The van der Waals surface area contributed by atoms with E-state index in [1.54, 1.807) is 42.5 Å². The van der Waals surface area contributed by atoms with Crippen LogP contribution in [0, 0.1) is 0 Å². The topological polar surface area (TPSA) is 92.7 Å². The summed E-state index contributed by atoms with van der Waals surface area (Å²) in [5, 5.41) is 2.67. The Kier molecular flexibility index (Phi) is 4.18. The molecule has 1 aliphatic carbocycles. The summed E-state index contributed by atoms with van der Waals surface area (Å²) in [6.07, 6.45) is 0.436. The quantitative estimate of drug-likeness (QED) is 0.526. The molecule has 3 aromatic carbocycles. The highest BCUT2D eigenvalue weighted by atomic mass is 32.3. The zero-order valence-corrected chi connectivity index (χ0v) is 14.9. The normalized spacial score (nSPS) is 12.2. The first-order valence-electron chi connectivity index (χ1n) is 8.20. The SMILES string of the molecule is O=C(Nc1ccc2c(c1OS(=O)(=O)O)Cc1ccccc1-2)c1ccccc1. The molecule has 0 saturated carbocycles. The molecule has 0 aliphatic heterocycles. The van der Waals surface area contributed by atoms with Crippen molar-refractivity contribution in [2.75, 3.05) is 5.32 Å².